The van der Waals surface area contributed by atoms with Crippen LogP contribution in [-0.4, -0.2) is 23.5 Å². The Morgan fingerprint density at radius 2 is 1.67 bits per heavy atom. The number of rotatable bonds is 0. The molecule has 0 radical (unpaired) electrons. The molecule has 1 aliphatic rings. The Morgan fingerprint density at radius 1 is 1.25 bits per heavy atom. The van der Waals surface area contributed by atoms with E-state index in [-0.39, 0.29) is 0 Å². The lowest BCUT2D eigenvalue weighted by molar-refractivity contribution is 0.553. The largest absolute Gasteiger partial charge is 0.369 e. The molecule has 1 nitrogen and oxygen atoms in total. The van der Waals surface area contributed by atoms with Gasteiger partial charge in [-0.05, 0) is 6.42 Å². The van der Waals surface area contributed by atoms with Crippen LogP contribution in [0, 0.1) is 5.92 Å². The molecule has 1 atom stereocenters. The lowest BCUT2D eigenvalue weighted by Gasteiger charge is -2.09. The zero-order valence-corrected chi connectivity index (χ0v) is 10.2. The third-order valence-electron chi connectivity index (χ3n) is 1.70. The van der Waals surface area contributed by atoms with E-state index in [4.69, 9.17) is 12.2 Å². The van der Waals surface area contributed by atoms with Crippen LogP contribution in [0.4, 0.5) is 0 Å². The summed E-state index contributed by atoms with van der Waals surface area (Å²) in [5, 5.41) is 0. The maximum absolute atomic E-state index is 5.09. The lowest BCUT2D eigenvalue weighted by Crippen LogP contribution is -2.19. The quantitative estimate of drug-likeness (QED) is 0.538. The summed E-state index contributed by atoms with van der Waals surface area (Å²) in [4.78, 5) is 3.28. The first-order valence-corrected chi connectivity index (χ1v) is 5.37. The molecular weight excluding hydrogens is 166 g/mol. The van der Waals surface area contributed by atoms with Crippen molar-refractivity contribution in [3.63, 3.8) is 0 Å². The fourth-order valence-corrected chi connectivity index (χ4v) is 1.21. The highest BCUT2D eigenvalue weighted by molar-refractivity contribution is 7.80. The van der Waals surface area contributed by atoms with Crippen LogP contribution in [-0.2, 0) is 0 Å². The molecular formula is C10H23NS. The first-order chi connectivity index (χ1) is 5.72. The molecule has 0 aromatic rings. The van der Waals surface area contributed by atoms with Gasteiger partial charge in [0.2, 0.25) is 0 Å². The number of hydrogen-bond donors (Lipinski definition) is 0. The molecule has 0 saturated carbocycles. The van der Waals surface area contributed by atoms with Gasteiger partial charge in [0.1, 0.15) is 0 Å². The monoisotopic (exact) mass is 189 g/mol. The Labute approximate surface area is 83.1 Å². The summed E-state index contributed by atoms with van der Waals surface area (Å²) in [7, 11) is 2.06. The molecule has 0 aliphatic carbocycles. The minimum Gasteiger partial charge on any atom is -0.369 e. The molecule has 1 rings (SSSR count). The standard InChI is InChI=1S/C6H11NS.2C2H6/c1-5-3-4-7(2)6(5)8;2*1-2/h5H,3-4H2,1-2H3;2*1-2H3. The van der Waals surface area contributed by atoms with Gasteiger partial charge in [-0.3, -0.25) is 0 Å². The van der Waals surface area contributed by atoms with Crippen LogP contribution in [0.15, 0.2) is 0 Å². The summed E-state index contributed by atoms with van der Waals surface area (Å²) in [6.07, 6.45) is 1.25. The third-order valence-corrected chi connectivity index (χ3v) is 2.41. The van der Waals surface area contributed by atoms with Crippen LogP contribution in [0.1, 0.15) is 41.0 Å². The highest BCUT2D eigenvalue weighted by Crippen LogP contribution is 2.15. The van der Waals surface area contributed by atoms with E-state index in [0.717, 1.165) is 11.5 Å². The Hall–Kier alpha value is -0.110. The zero-order valence-electron chi connectivity index (χ0n) is 9.35. The van der Waals surface area contributed by atoms with Crippen molar-refractivity contribution in [2.45, 2.75) is 41.0 Å². The molecule has 1 saturated heterocycles. The van der Waals surface area contributed by atoms with Gasteiger partial charge in [0.05, 0.1) is 4.99 Å². The van der Waals surface area contributed by atoms with E-state index >= 15 is 0 Å². The molecule has 74 valence electrons. The van der Waals surface area contributed by atoms with Crippen LogP contribution >= 0.6 is 12.2 Å². The van der Waals surface area contributed by atoms with Crippen molar-refractivity contribution in [1.82, 2.24) is 4.90 Å². The number of thiocarbonyl (C=S) groups is 1. The summed E-state index contributed by atoms with van der Waals surface area (Å²) >= 11 is 5.09. The molecule has 0 amide bonds. The first kappa shape index (κ1) is 14.4. The number of hydrogen-bond acceptors (Lipinski definition) is 1. The second-order valence-electron chi connectivity index (χ2n) is 2.45. The fraction of sp³-hybridized carbons (Fsp3) is 0.900. The predicted octanol–water partition coefficient (Wildman–Crippen LogP) is 3.34. The summed E-state index contributed by atoms with van der Waals surface area (Å²) < 4.78 is 0. The zero-order chi connectivity index (χ0) is 10.1. The van der Waals surface area contributed by atoms with E-state index in [1.54, 1.807) is 0 Å². The van der Waals surface area contributed by atoms with Crippen molar-refractivity contribution >= 4 is 17.2 Å². The highest BCUT2D eigenvalue weighted by atomic mass is 32.1. The van der Waals surface area contributed by atoms with E-state index in [1.807, 2.05) is 27.7 Å². The van der Waals surface area contributed by atoms with E-state index in [1.165, 1.54) is 6.42 Å². The van der Waals surface area contributed by atoms with Gasteiger partial charge in [0.25, 0.3) is 0 Å². The van der Waals surface area contributed by atoms with Gasteiger partial charge >= 0.3 is 0 Å². The van der Waals surface area contributed by atoms with Crippen LogP contribution in [0.3, 0.4) is 0 Å². The Balaban J connectivity index is 0. The van der Waals surface area contributed by atoms with Gasteiger partial charge in [-0.25, -0.2) is 0 Å². The minimum absolute atomic E-state index is 0.648. The molecule has 2 heteroatoms. The average Bonchev–Trinajstić information content (AvgIpc) is 2.43. The van der Waals surface area contributed by atoms with Crippen LogP contribution in [0.2, 0.25) is 0 Å². The lowest BCUT2D eigenvalue weighted by atomic mass is 10.2. The molecule has 0 aromatic heterocycles. The van der Waals surface area contributed by atoms with Crippen molar-refractivity contribution in [2.24, 2.45) is 5.92 Å². The Morgan fingerprint density at radius 3 is 1.75 bits per heavy atom. The van der Waals surface area contributed by atoms with Gasteiger partial charge in [-0.1, -0.05) is 46.8 Å². The molecule has 0 spiro atoms. The molecule has 0 N–H and O–H groups in total. The molecule has 1 fully saturated rings. The molecule has 1 heterocycles. The van der Waals surface area contributed by atoms with E-state index in [2.05, 4.69) is 18.9 Å². The first-order valence-electron chi connectivity index (χ1n) is 4.97. The number of likely N-dealkylation sites (tertiary alicyclic amines) is 1. The van der Waals surface area contributed by atoms with Crippen molar-refractivity contribution < 1.29 is 0 Å². The van der Waals surface area contributed by atoms with Crippen molar-refractivity contribution in [3.05, 3.63) is 0 Å². The van der Waals surface area contributed by atoms with Gasteiger partial charge in [-0.2, -0.15) is 0 Å². The number of nitrogens with zero attached hydrogens (tertiary/aromatic N) is 1. The van der Waals surface area contributed by atoms with Crippen molar-refractivity contribution in [2.75, 3.05) is 13.6 Å². The second kappa shape index (κ2) is 8.98. The van der Waals surface area contributed by atoms with E-state index in [0.29, 0.717) is 5.92 Å². The SMILES string of the molecule is CC.CC.CC1CCN(C)C1=S. The summed E-state index contributed by atoms with van der Waals surface area (Å²) in [6.45, 7) is 11.3. The smallest absolute Gasteiger partial charge is 0.0805 e. The van der Waals surface area contributed by atoms with Crippen LogP contribution in [0.5, 0.6) is 0 Å². The summed E-state index contributed by atoms with van der Waals surface area (Å²) in [5.74, 6) is 0.648. The molecule has 1 unspecified atom stereocenters. The maximum Gasteiger partial charge on any atom is 0.0805 e. The fourth-order valence-electron chi connectivity index (χ4n) is 0.997. The summed E-state index contributed by atoms with van der Waals surface area (Å²) in [5.41, 5.74) is 0. The predicted molar refractivity (Wildman–Crippen MR) is 61.7 cm³/mol. The molecule has 0 aromatic carbocycles. The van der Waals surface area contributed by atoms with Crippen LogP contribution < -0.4 is 0 Å². The van der Waals surface area contributed by atoms with E-state index in [9.17, 15) is 0 Å². The molecule has 0 bridgehead atoms. The second-order valence-corrected chi connectivity index (χ2v) is 2.87. The normalized spacial score (nSPS) is 20.7. The van der Waals surface area contributed by atoms with Crippen molar-refractivity contribution in [1.29, 1.82) is 0 Å². The summed E-state index contributed by atoms with van der Waals surface area (Å²) in [6, 6.07) is 0. The Bertz CT molecular complexity index is 100. The third kappa shape index (κ3) is 4.70. The van der Waals surface area contributed by atoms with Gasteiger partial charge < -0.3 is 4.90 Å². The molecule has 12 heavy (non-hydrogen) atoms. The van der Waals surface area contributed by atoms with Crippen LogP contribution in [0.25, 0.3) is 0 Å². The minimum atomic E-state index is 0.648. The van der Waals surface area contributed by atoms with Crippen molar-refractivity contribution in [3.8, 4) is 0 Å². The molecule has 1 aliphatic heterocycles. The maximum atomic E-state index is 5.09. The van der Waals surface area contributed by atoms with Gasteiger partial charge in [-0.15, -0.1) is 0 Å². The Kier molecular flexibility index (Phi) is 10.8. The highest BCUT2D eigenvalue weighted by Gasteiger charge is 2.19. The van der Waals surface area contributed by atoms with E-state index < -0.39 is 0 Å². The average molecular weight is 189 g/mol. The van der Waals surface area contributed by atoms with Gasteiger partial charge in [0, 0.05) is 19.5 Å². The van der Waals surface area contributed by atoms with Gasteiger partial charge in [0.15, 0.2) is 0 Å². The topological polar surface area (TPSA) is 3.24 Å².